The van der Waals surface area contributed by atoms with Gasteiger partial charge in [0, 0.05) is 18.0 Å². The standard InChI is InChI=1S/C10H21N/c1-6-10(8(2)3)7-11(5)9(10)4/h8-9H,6-7H2,1-5H3. The Morgan fingerprint density at radius 2 is 2.09 bits per heavy atom. The van der Waals surface area contributed by atoms with Gasteiger partial charge < -0.3 is 4.90 Å². The molecule has 1 heteroatoms. The minimum atomic E-state index is 0.620. The molecule has 1 fully saturated rings. The van der Waals surface area contributed by atoms with Gasteiger partial charge in [0.05, 0.1) is 0 Å². The van der Waals surface area contributed by atoms with Crippen molar-refractivity contribution in [2.75, 3.05) is 13.6 Å². The molecule has 1 aliphatic heterocycles. The Labute approximate surface area is 70.8 Å². The maximum Gasteiger partial charge on any atom is 0.0135 e. The molecule has 2 atom stereocenters. The second-order valence-corrected chi connectivity index (χ2v) is 4.33. The molecular weight excluding hydrogens is 134 g/mol. The van der Waals surface area contributed by atoms with Crippen molar-refractivity contribution in [2.24, 2.45) is 11.3 Å². The van der Waals surface area contributed by atoms with Crippen molar-refractivity contribution in [3.05, 3.63) is 0 Å². The predicted molar refractivity (Wildman–Crippen MR) is 49.7 cm³/mol. The van der Waals surface area contributed by atoms with Gasteiger partial charge in [-0.05, 0) is 26.3 Å². The van der Waals surface area contributed by atoms with Crippen LogP contribution in [0.15, 0.2) is 0 Å². The molecule has 0 N–H and O–H groups in total. The third-order valence-corrected chi connectivity index (χ3v) is 3.85. The molecule has 1 aliphatic rings. The highest BCUT2D eigenvalue weighted by molar-refractivity contribution is 5.01. The van der Waals surface area contributed by atoms with Crippen LogP contribution in [0.3, 0.4) is 0 Å². The maximum absolute atomic E-state index is 2.45. The molecule has 1 heterocycles. The van der Waals surface area contributed by atoms with Gasteiger partial charge in [0.2, 0.25) is 0 Å². The van der Waals surface area contributed by atoms with Gasteiger partial charge in [-0.1, -0.05) is 20.8 Å². The van der Waals surface area contributed by atoms with Crippen LogP contribution in [0.25, 0.3) is 0 Å². The number of hydrogen-bond acceptors (Lipinski definition) is 1. The minimum Gasteiger partial charge on any atom is -0.302 e. The van der Waals surface area contributed by atoms with E-state index in [0.29, 0.717) is 5.41 Å². The Balaban J connectivity index is 2.65. The van der Waals surface area contributed by atoms with Gasteiger partial charge in [-0.3, -0.25) is 0 Å². The first kappa shape index (κ1) is 9.05. The van der Waals surface area contributed by atoms with E-state index in [-0.39, 0.29) is 0 Å². The quantitative estimate of drug-likeness (QED) is 0.592. The van der Waals surface area contributed by atoms with Gasteiger partial charge >= 0.3 is 0 Å². The molecule has 0 amide bonds. The average molecular weight is 155 g/mol. The zero-order valence-electron chi connectivity index (χ0n) is 8.52. The van der Waals surface area contributed by atoms with Crippen molar-refractivity contribution in [1.82, 2.24) is 4.90 Å². The Bertz CT molecular complexity index is 142. The highest BCUT2D eigenvalue weighted by Gasteiger charge is 2.48. The molecule has 0 radical (unpaired) electrons. The van der Waals surface area contributed by atoms with Crippen molar-refractivity contribution in [3.63, 3.8) is 0 Å². The van der Waals surface area contributed by atoms with Crippen LogP contribution in [0.2, 0.25) is 0 Å². The summed E-state index contributed by atoms with van der Waals surface area (Å²) < 4.78 is 0. The maximum atomic E-state index is 2.45. The lowest BCUT2D eigenvalue weighted by atomic mass is 9.63. The van der Waals surface area contributed by atoms with Crippen LogP contribution < -0.4 is 0 Å². The van der Waals surface area contributed by atoms with Crippen LogP contribution in [-0.4, -0.2) is 24.5 Å². The number of likely N-dealkylation sites (tertiary alicyclic amines) is 1. The molecule has 0 aromatic rings. The topological polar surface area (TPSA) is 3.24 Å². The summed E-state index contributed by atoms with van der Waals surface area (Å²) in [4.78, 5) is 2.45. The van der Waals surface area contributed by atoms with E-state index in [1.165, 1.54) is 13.0 Å². The smallest absolute Gasteiger partial charge is 0.0135 e. The van der Waals surface area contributed by atoms with Gasteiger partial charge in [0.1, 0.15) is 0 Å². The van der Waals surface area contributed by atoms with Gasteiger partial charge in [0.15, 0.2) is 0 Å². The van der Waals surface area contributed by atoms with Crippen LogP contribution in [0, 0.1) is 11.3 Å². The minimum absolute atomic E-state index is 0.620. The van der Waals surface area contributed by atoms with Gasteiger partial charge in [-0.15, -0.1) is 0 Å². The Hall–Kier alpha value is -0.0400. The third-order valence-electron chi connectivity index (χ3n) is 3.85. The molecule has 66 valence electrons. The van der Waals surface area contributed by atoms with Crippen molar-refractivity contribution < 1.29 is 0 Å². The van der Waals surface area contributed by atoms with Crippen molar-refractivity contribution in [2.45, 2.75) is 40.2 Å². The summed E-state index contributed by atoms with van der Waals surface area (Å²) in [5.41, 5.74) is 0.620. The van der Waals surface area contributed by atoms with E-state index in [0.717, 1.165) is 12.0 Å². The SMILES string of the molecule is CCC1(C(C)C)CN(C)C1C. The number of rotatable bonds is 2. The van der Waals surface area contributed by atoms with Gasteiger partial charge in [-0.2, -0.15) is 0 Å². The fourth-order valence-electron chi connectivity index (χ4n) is 2.54. The molecule has 0 aliphatic carbocycles. The average Bonchev–Trinajstić information content (AvgIpc) is 1.98. The zero-order valence-corrected chi connectivity index (χ0v) is 8.52. The van der Waals surface area contributed by atoms with Gasteiger partial charge in [0.25, 0.3) is 0 Å². The summed E-state index contributed by atoms with van der Waals surface area (Å²) >= 11 is 0. The van der Waals surface area contributed by atoms with Crippen LogP contribution in [0.4, 0.5) is 0 Å². The summed E-state index contributed by atoms with van der Waals surface area (Å²) in [7, 11) is 2.22. The summed E-state index contributed by atoms with van der Waals surface area (Å²) in [6, 6.07) is 0.785. The fraction of sp³-hybridized carbons (Fsp3) is 1.00. The van der Waals surface area contributed by atoms with Crippen LogP contribution in [0.5, 0.6) is 0 Å². The second kappa shape index (κ2) is 2.78. The molecule has 11 heavy (non-hydrogen) atoms. The van der Waals surface area contributed by atoms with Gasteiger partial charge in [-0.25, -0.2) is 0 Å². The lowest BCUT2D eigenvalue weighted by molar-refractivity contribution is -0.0824. The molecule has 1 nitrogen and oxygen atoms in total. The van der Waals surface area contributed by atoms with E-state index in [1.54, 1.807) is 0 Å². The fourth-order valence-corrected chi connectivity index (χ4v) is 2.54. The molecular formula is C10H21N. The lowest BCUT2D eigenvalue weighted by Crippen LogP contribution is -2.63. The van der Waals surface area contributed by atoms with Crippen LogP contribution in [0.1, 0.15) is 34.1 Å². The summed E-state index contributed by atoms with van der Waals surface area (Å²) in [5, 5.41) is 0. The van der Waals surface area contributed by atoms with Crippen molar-refractivity contribution in [1.29, 1.82) is 0 Å². The third kappa shape index (κ3) is 1.10. The second-order valence-electron chi connectivity index (χ2n) is 4.33. The molecule has 1 saturated heterocycles. The van der Waals surface area contributed by atoms with Crippen LogP contribution >= 0.6 is 0 Å². The van der Waals surface area contributed by atoms with E-state index in [9.17, 15) is 0 Å². The van der Waals surface area contributed by atoms with E-state index in [1.807, 2.05) is 0 Å². The lowest BCUT2D eigenvalue weighted by Gasteiger charge is -2.57. The highest BCUT2D eigenvalue weighted by Crippen LogP contribution is 2.45. The van der Waals surface area contributed by atoms with Crippen molar-refractivity contribution >= 4 is 0 Å². The first-order chi connectivity index (χ1) is 5.04. The Kier molecular flexibility index (Phi) is 2.29. The van der Waals surface area contributed by atoms with Crippen LogP contribution in [-0.2, 0) is 0 Å². The molecule has 0 saturated carbocycles. The Morgan fingerprint density at radius 3 is 2.18 bits per heavy atom. The first-order valence-corrected chi connectivity index (χ1v) is 4.75. The molecule has 1 rings (SSSR count). The monoisotopic (exact) mass is 155 g/mol. The van der Waals surface area contributed by atoms with E-state index < -0.39 is 0 Å². The van der Waals surface area contributed by atoms with E-state index >= 15 is 0 Å². The highest BCUT2D eigenvalue weighted by atomic mass is 15.2. The molecule has 0 aromatic heterocycles. The number of hydrogen-bond donors (Lipinski definition) is 0. The normalized spacial score (nSPS) is 39.3. The molecule has 2 unspecified atom stereocenters. The molecule has 0 bridgehead atoms. The summed E-state index contributed by atoms with van der Waals surface area (Å²) in [6.45, 7) is 10.7. The number of nitrogens with zero attached hydrogens (tertiary/aromatic N) is 1. The summed E-state index contributed by atoms with van der Waals surface area (Å²) in [5.74, 6) is 0.832. The largest absolute Gasteiger partial charge is 0.302 e. The van der Waals surface area contributed by atoms with E-state index in [4.69, 9.17) is 0 Å². The first-order valence-electron chi connectivity index (χ1n) is 4.75. The molecule has 0 spiro atoms. The predicted octanol–water partition coefficient (Wildman–Crippen LogP) is 2.37. The Morgan fingerprint density at radius 1 is 1.55 bits per heavy atom. The van der Waals surface area contributed by atoms with Crippen molar-refractivity contribution in [3.8, 4) is 0 Å². The van der Waals surface area contributed by atoms with E-state index in [2.05, 4.69) is 39.6 Å². The zero-order chi connectivity index (χ0) is 8.65. The molecule has 0 aromatic carbocycles. The summed E-state index contributed by atoms with van der Waals surface area (Å²) in [6.07, 6.45) is 1.33.